The molecule has 0 aliphatic carbocycles. The number of aromatic nitrogens is 2. The van der Waals surface area contributed by atoms with Crippen LogP contribution < -0.4 is 10.5 Å². The highest BCUT2D eigenvalue weighted by Crippen LogP contribution is 2.37. The quantitative estimate of drug-likeness (QED) is 0.853. The smallest absolute Gasteiger partial charge is 0.387 e. The Balaban J connectivity index is 2.26. The molecular formula is C11H10F3N3OS2. The number of aryl methyl sites for hydroxylation is 1. The van der Waals surface area contributed by atoms with Crippen LogP contribution in [0.5, 0.6) is 5.75 Å². The second kappa shape index (κ2) is 6.31. The van der Waals surface area contributed by atoms with Crippen molar-refractivity contribution >= 4 is 29.0 Å². The van der Waals surface area contributed by atoms with Crippen molar-refractivity contribution in [3.05, 3.63) is 23.8 Å². The molecule has 2 rings (SSSR count). The van der Waals surface area contributed by atoms with Gasteiger partial charge in [-0.05, 0) is 17.6 Å². The summed E-state index contributed by atoms with van der Waals surface area (Å²) >= 11 is 2.29. The minimum atomic E-state index is -3.10. The van der Waals surface area contributed by atoms with Crippen molar-refractivity contribution in [2.75, 3.05) is 5.73 Å². The summed E-state index contributed by atoms with van der Waals surface area (Å²) in [6.07, 6.45) is 0.690. The number of anilines is 1. The first-order valence-corrected chi connectivity index (χ1v) is 7.12. The lowest BCUT2D eigenvalue weighted by molar-refractivity contribution is -0.0523. The predicted octanol–water partition coefficient (Wildman–Crippen LogP) is 3.57. The Morgan fingerprint density at radius 1 is 1.45 bits per heavy atom. The van der Waals surface area contributed by atoms with Crippen molar-refractivity contribution in [2.24, 2.45) is 0 Å². The summed E-state index contributed by atoms with van der Waals surface area (Å²) in [6, 6.07) is 2.08. The highest BCUT2D eigenvalue weighted by Gasteiger charge is 2.15. The van der Waals surface area contributed by atoms with Gasteiger partial charge in [0.05, 0.1) is 0 Å². The average molecular weight is 321 g/mol. The zero-order valence-corrected chi connectivity index (χ0v) is 11.9. The zero-order chi connectivity index (χ0) is 14.7. The molecule has 1 heterocycles. The van der Waals surface area contributed by atoms with E-state index >= 15 is 0 Å². The minimum Gasteiger partial charge on any atom is -0.432 e. The molecular weight excluding hydrogens is 311 g/mol. The third-order valence-electron chi connectivity index (χ3n) is 2.24. The van der Waals surface area contributed by atoms with Gasteiger partial charge in [-0.25, -0.2) is 9.37 Å². The van der Waals surface area contributed by atoms with E-state index in [0.29, 0.717) is 21.5 Å². The van der Waals surface area contributed by atoms with Crippen LogP contribution >= 0.6 is 23.3 Å². The molecule has 2 N–H and O–H groups in total. The van der Waals surface area contributed by atoms with Crippen LogP contribution in [0.2, 0.25) is 0 Å². The maximum Gasteiger partial charge on any atom is 0.387 e. The average Bonchev–Trinajstić information content (AvgIpc) is 2.82. The number of halogens is 3. The van der Waals surface area contributed by atoms with Crippen molar-refractivity contribution in [3.63, 3.8) is 0 Å². The van der Waals surface area contributed by atoms with E-state index in [1.807, 2.05) is 6.92 Å². The highest BCUT2D eigenvalue weighted by atomic mass is 32.2. The van der Waals surface area contributed by atoms with E-state index in [4.69, 9.17) is 5.73 Å². The highest BCUT2D eigenvalue weighted by molar-refractivity contribution is 8.01. The maximum atomic E-state index is 13.4. The SMILES string of the molecule is CCc1nsc(Sc2cc(OC(F)F)c(F)cc2N)n1. The molecule has 0 unspecified atom stereocenters. The van der Waals surface area contributed by atoms with E-state index in [1.54, 1.807) is 0 Å². The molecule has 0 bridgehead atoms. The summed E-state index contributed by atoms with van der Waals surface area (Å²) in [5, 5.41) is 0. The Bertz CT molecular complexity index is 607. The predicted molar refractivity (Wildman–Crippen MR) is 70.9 cm³/mol. The zero-order valence-electron chi connectivity index (χ0n) is 10.3. The van der Waals surface area contributed by atoms with Crippen LogP contribution in [0.4, 0.5) is 18.9 Å². The number of ether oxygens (including phenoxy) is 1. The first-order valence-electron chi connectivity index (χ1n) is 5.54. The van der Waals surface area contributed by atoms with Crippen LogP contribution in [-0.2, 0) is 6.42 Å². The topological polar surface area (TPSA) is 61.0 Å². The van der Waals surface area contributed by atoms with Crippen molar-refractivity contribution < 1.29 is 17.9 Å². The van der Waals surface area contributed by atoms with Crippen LogP contribution in [0.3, 0.4) is 0 Å². The Kier molecular flexibility index (Phi) is 4.71. The Hall–Kier alpha value is -1.48. The van der Waals surface area contributed by atoms with Crippen LogP contribution in [-0.4, -0.2) is 16.0 Å². The Labute approximate surface area is 121 Å². The molecule has 1 aromatic carbocycles. The van der Waals surface area contributed by atoms with Crippen LogP contribution in [0.1, 0.15) is 12.7 Å². The fourth-order valence-electron chi connectivity index (χ4n) is 1.34. The number of nitrogens with two attached hydrogens (primary N) is 1. The van der Waals surface area contributed by atoms with Gasteiger partial charge in [-0.3, -0.25) is 0 Å². The summed E-state index contributed by atoms with van der Waals surface area (Å²) < 4.78 is 46.5. The van der Waals surface area contributed by atoms with Gasteiger partial charge >= 0.3 is 6.61 Å². The van der Waals surface area contributed by atoms with Gasteiger partial charge in [-0.15, -0.1) is 0 Å². The standard InChI is InChI=1S/C11H10F3N3OS2/c1-2-9-16-11(20-17-9)19-8-4-7(18-10(13)14)5(12)3-6(8)15/h3-4,10H,2,15H2,1H3. The minimum absolute atomic E-state index is 0.127. The van der Waals surface area contributed by atoms with Crippen molar-refractivity contribution in [2.45, 2.75) is 29.2 Å². The van der Waals surface area contributed by atoms with Gasteiger partial charge in [0.25, 0.3) is 0 Å². The van der Waals surface area contributed by atoms with Gasteiger partial charge in [0, 0.05) is 23.1 Å². The molecule has 1 aromatic heterocycles. The second-order valence-corrected chi connectivity index (χ2v) is 5.67. The van der Waals surface area contributed by atoms with Crippen molar-refractivity contribution in [1.29, 1.82) is 0 Å². The van der Waals surface area contributed by atoms with Crippen LogP contribution in [0.15, 0.2) is 21.4 Å². The summed E-state index contributed by atoms with van der Waals surface area (Å²) in [5.74, 6) is -0.794. The fraction of sp³-hybridized carbons (Fsp3) is 0.273. The number of benzene rings is 1. The third kappa shape index (κ3) is 3.54. The first kappa shape index (κ1) is 14.9. The summed E-state index contributed by atoms with van der Waals surface area (Å²) in [4.78, 5) is 4.60. The molecule has 0 amide bonds. The molecule has 0 saturated carbocycles. The van der Waals surface area contributed by atoms with Gasteiger partial charge in [0.2, 0.25) is 0 Å². The van der Waals surface area contributed by atoms with E-state index in [1.165, 1.54) is 11.5 Å². The van der Waals surface area contributed by atoms with Gasteiger partial charge in [-0.2, -0.15) is 13.2 Å². The van der Waals surface area contributed by atoms with E-state index in [-0.39, 0.29) is 5.69 Å². The van der Waals surface area contributed by atoms with Gasteiger partial charge in [0.1, 0.15) is 5.82 Å². The van der Waals surface area contributed by atoms with Crippen LogP contribution in [0.25, 0.3) is 0 Å². The van der Waals surface area contributed by atoms with E-state index in [0.717, 1.165) is 23.9 Å². The number of rotatable bonds is 5. The van der Waals surface area contributed by atoms with Gasteiger partial charge in [-0.1, -0.05) is 18.7 Å². The van der Waals surface area contributed by atoms with Crippen molar-refractivity contribution in [1.82, 2.24) is 9.36 Å². The molecule has 9 heteroatoms. The molecule has 0 atom stereocenters. The lowest BCUT2D eigenvalue weighted by Gasteiger charge is -2.09. The normalized spacial score (nSPS) is 11.1. The maximum absolute atomic E-state index is 13.4. The largest absolute Gasteiger partial charge is 0.432 e. The second-order valence-electron chi connectivity index (χ2n) is 3.63. The van der Waals surface area contributed by atoms with E-state index in [9.17, 15) is 13.2 Å². The molecule has 108 valence electrons. The summed E-state index contributed by atoms with van der Waals surface area (Å²) in [5.41, 5.74) is 5.79. The van der Waals surface area contributed by atoms with Crippen LogP contribution in [0, 0.1) is 5.82 Å². The fourth-order valence-corrected chi connectivity index (χ4v) is 3.05. The number of nitrogens with zero attached hydrogens (tertiary/aromatic N) is 2. The third-order valence-corrected chi connectivity index (χ3v) is 4.11. The number of alkyl halides is 2. The van der Waals surface area contributed by atoms with Crippen molar-refractivity contribution in [3.8, 4) is 5.75 Å². The lowest BCUT2D eigenvalue weighted by Crippen LogP contribution is -2.04. The Morgan fingerprint density at radius 3 is 2.80 bits per heavy atom. The number of hydrogen-bond acceptors (Lipinski definition) is 6. The number of hydrogen-bond donors (Lipinski definition) is 1. The van der Waals surface area contributed by atoms with E-state index < -0.39 is 18.2 Å². The molecule has 0 saturated heterocycles. The molecule has 20 heavy (non-hydrogen) atoms. The summed E-state index contributed by atoms with van der Waals surface area (Å²) in [7, 11) is 0. The van der Waals surface area contributed by atoms with E-state index in [2.05, 4.69) is 14.1 Å². The number of nitrogen functional groups attached to an aromatic ring is 1. The molecule has 0 radical (unpaired) electrons. The molecule has 2 aromatic rings. The molecule has 0 fully saturated rings. The van der Waals surface area contributed by atoms with Gasteiger partial charge < -0.3 is 10.5 Å². The lowest BCUT2D eigenvalue weighted by atomic mass is 10.3. The summed E-state index contributed by atoms with van der Waals surface area (Å²) in [6.45, 7) is -1.18. The molecule has 0 spiro atoms. The monoisotopic (exact) mass is 321 g/mol. The molecule has 4 nitrogen and oxygen atoms in total. The van der Waals surface area contributed by atoms with Gasteiger partial charge in [0.15, 0.2) is 15.9 Å². The Morgan fingerprint density at radius 2 is 2.20 bits per heavy atom. The molecule has 0 aliphatic heterocycles. The first-order chi connectivity index (χ1) is 9.49. The molecule has 0 aliphatic rings.